The number of hydrogen-bond acceptors (Lipinski definition) is 4. The Balaban J connectivity index is 1.81. The van der Waals surface area contributed by atoms with Gasteiger partial charge in [0.2, 0.25) is 0 Å². The second-order valence-corrected chi connectivity index (χ2v) is 5.24. The van der Waals surface area contributed by atoms with Gasteiger partial charge in [0.1, 0.15) is 18.0 Å². The van der Waals surface area contributed by atoms with E-state index in [-0.39, 0.29) is 12.2 Å². The van der Waals surface area contributed by atoms with Gasteiger partial charge >= 0.3 is 0 Å². The highest BCUT2D eigenvalue weighted by Crippen LogP contribution is 2.28. The molecular formula is C16H22O4. The van der Waals surface area contributed by atoms with Gasteiger partial charge in [0, 0.05) is 0 Å². The third-order valence-electron chi connectivity index (χ3n) is 3.16. The maximum Gasteiger partial charge on any atom is 0.164 e. The summed E-state index contributed by atoms with van der Waals surface area (Å²) in [6.07, 6.45) is 1.53. The monoisotopic (exact) mass is 278 g/mol. The van der Waals surface area contributed by atoms with E-state index in [4.69, 9.17) is 18.9 Å². The predicted octanol–water partition coefficient (Wildman–Crippen LogP) is 2.92. The lowest BCUT2D eigenvalue weighted by Gasteiger charge is -2.16. The molecule has 1 aromatic rings. The second-order valence-electron chi connectivity index (χ2n) is 5.24. The maximum absolute atomic E-state index is 5.79. The van der Waals surface area contributed by atoms with E-state index in [1.807, 2.05) is 38.1 Å². The van der Waals surface area contributed by atoms with E-state index in [1.165, 1.54) is 0 Å². The van der Waals surface area contributed by atoms with Gasteiger partial charge in [-0.25, -0.2) is 0 Å². The van der Waals surface area contributed by atoms with Crippen LogP contribution >= 0.6 is 0 Å². The molecule has 0 N–H and O–H groups in total. The molecule has 1 fully saturated rings. The van der Waals surface area contributed by atoms with E-state index >= 15 is 0 Å². The predicted molar refractivity (Wildman–Crippen MR) is 76.7 cm³/mol. The molecule has 1 aliphatic rings. The number of ether oxygens (including phenoxy) is 4. The van der Waals surface area contributed by atoms with E-state index in [0.717, 1.165) is 11.3 Å². The molecular weight excluding hydrogens is 256 g/mol. The molecule has 0 saturated carbocycles. The van der Waals surface area contributed by atoms with Crippen molar-refractivity contribution in [1.82, 2.24) is 0 Å². The molecule has 110 valence electrons. The highest BCUT2D eigenvalue weighted by molar-refractivity contribution is 5.26. The summed E-state index contributed by atoms with van der Waals surface area (Å²) >= 11 is 0. The summed E-state index contributed by atoms with van der Waals surface area (Å²) in [7, 11) is 1.65. The van der Waals surface area contributed by atoms with Crippen LogP contribution in [-0.4, -0.2) is 31.7 Å². The van der Waals surface area contributed by atoms with Crippen molar-refractivity contribution >= 4 is 0 Å². The molecule has 20 heavy (non-hydrogen) atoms. The summed E-state index contributed by atoms with van der Waals surface area (Å²) in [5.74, 6) is 0.266. The third-order valence-corrected chi connectivity index (χ3v) is 3.16. The summed E-state index contributed by atoms with van der Waals surface area (Å²) < 4.78 is 22.3. The van der Waals surface area contributed by atoms with E-state index in [1.54, 1.807) is 13.2 Å². The molecule has 2 rings (SSSR count). The normalized spacial score (nSPS) is 24.6. The Hall–Kier alpha value is -1.36. The molecule has 1 saturated heterocycles. The van der Waals surface area contributed by atoms with Crippen molar-refractivity contribution in [2.45, 2.75) is 38.4 Å². The highest BCUT2D eigenvalue weighted by Gasteiger charge is 2.39. The number of rotatable bonds is 6. The van der Waals surface area contributed by atoms with Crippen LogP contribution in [0.3, 0.4) is 0 Å². The minimum atomic E-state index is -0.576. The van der Waals surface area contributed by atoms with Crippen molar-refractivity contribution in [1.29, 1.82) is 0 Å². The molecule has 0 spiro atoms. The van der Waals surface area contributed by atoms with Crippen LogP contribution in [0.5, 0.6) is 5.75 Å². The van der Waals surface area contributed by atoms with Gasteiger partial charge < -0.3 is 18.9 Å². The van der Waals surface area contributed by atoms with Gasteiger partial charge in [-0.1, -0.05) is 18.2 Å². The first-order valence-corrected chi connectivity index (χ1v) is 6.73. The second kappa shape index (κ2) is 6.39. The first kappa shape index (κ1) is 15.0. The molecule has 4 nitrogen and oxygen atoms in total. The van der Waals surface area contributed by atoms with Crippen LogP contribution in [-0.2, 0) is 20.8 Å². The minimum Gasteiger partial charge on any atom is -0.497 e. The Kier molecular flexibility index (Phi) is 4.81. The molecule has 0 aromatic heterocycles. The summed E-state index contributed by atoms with van der Waals surface area (Å²) in [5.41, 5.74) is 1.10. The molecule has 0 unspecified atom stereocenters. The lowest BCUT2D eigenvalue weighted by atomic mass is 10.2. The number of methoxy groups -OCH3 is 1. The van der Waals surface area contributed by atoms with E-state index in [9.17, 15) is 0 Å². The van der Waals surface area contributed by atoms with Crippen LogP contribution in [0.15, 0.2) is 36.9 Å². The van der Waals surface area contributed by atoms with Crippen LogP contribution in [0, 0.1) is 0 Å². The fourth-order valence-corrected chi connectivity index (χ4v) is 2.21. The summed E-state index contributed by atoms with van der Waals surface area (Å²) in [4.78, 5) is 0. The van der Waals surface area contributed by atoms with E-state index in [0.29, 0.717) is 13.2 Å². The van der Waals surface area contributed by atoms with Gasteiger partial charge in [0.25, 0.3) is 0 Å². The molecule has 1 aliphatic heterocycles. The van der Waals surface area contributed by atoms with Gasteiger partial charge in [0.15, 0.2) is 5.79 Å². The third kappa shape index (κ3) is 3.82. The van der Waals surface area contributed by atoms with Crippen LogP contribution in [0.4, 0.5) is 0 Å². The average molecular weight is 278 g/mol. The molecule has 0 radical (unpaired) electrons. The van der Waals surface area contributed by atoms with Crippen LogP contribution in [0.1, 0.15) is 19.4 Å². The Morgan fingerprint density at radius 2 is 1.95 bits per heavy atom. The fraction of sp³-hybridized carbons (Fsp3) is 0.500. The number of hydrogen-bond donors (Lipinski definition) is 0. The smallest absolute Gasteiger partial charge is 0.164 e. The maximum atomic E-state index is 5.79. The molecule has 4 heteroatoms. The molecule has 1 aromatic carbocycles. The summed E-state index contributed by atoms with van der Waals surface area (Å²) in [5, 5.41) is 0. The molecule has 1 heterocycles. The Morgan fingerprint density at radius 1 is 1.25 bits per heavy atom. The zero-order valence-electron chi connectivity index (χ0n) is 12.3. The van der Waals surface area contributed by atoms with E-state index in [2.05, 4.69) is 6.58 Å². The van der Waals surface area contributed by atoms with Crippen molar-refractivity contribution in [2.24, 2.45) is 0 Å². The SMILES string of the molecule is C=C[C@@H]1OC(C)(C)O[C@@H]1COCc1ccc(OC)cc1. The van der Waals surface area contributed by atoms with Crippen molar-refractivity contribution in [2.75, 3.05) is 13.7 Å². The molecule has 0 amide bonds. The van der Waals surface area contributed by atoms with Crippen LogP contribution < -0.4 is 4.74 Å². The Labute approximate surface area is 120 Å². The lowest BCUT2D eigenvalue weighted by molar-refractivity contribution is -0.148. The Bertz CT molecular complexity index is 438. The average Bonchev–Trinajstić information content (AvgIpc) is 2.74. The minimum absolute atomic E-state index is 0.110. The Morgan fingerprint density at radius 3 is 2.55 bits per heavy atom. The van der Waals surface area contributed by atoms with Gasteiger partial charge in [-0.15, -0.1) is 6.58 Å². The first-order valence-electron chi connectivity index (χ1n) is 6.73. The highest BCUT2D eigenvalue weighted by atomic mass is 16.8. The van der Waals surface area contributed by atoms with E-state index < -0.39 is 5.79 Å². The first-order chi connectivity index (χ1) is 9.54. The zero-order chi connectivity index (χ0) is 14.6. The van der Waals surface area contributed by atoms with Crippen molar-refractivity contribution < 1.29 is 18.9 Å². The topological polar surface area (TPSA) is 36.9 Å². The number of benzene rings is 1. The van der Waals surface area contributed by atoms with Gasteiger partial charge in [0.05, 0.1) is 20.3 Å². The van der Waals surface area contributed by atoms with Crippen LogP contribution in [0.2, 0.25) is 0 Å². The molecule has 2 atom stereocenters. The zero-order valence-corrected chi connectivity index (χ0v) is 12.3. The van der Waals surface area contributed by atoms with Gasteiger partial charge in [-0.3, -0.25) is 0 Å². The summed E-state index contributed by atoms with van der Waals surface area (Å²) in [6.45, 7) is 8.58. The lowest BCUT2D eigenvalue weighted by Crippen LogP contribution is -2.26. The molecule has 0 aliphatic carbocycles. The quantitative estimate of drug-likeness (QED) is 0.750. The van der Waals surface area contributed by atoms with Crippen LogP contribution in [0.25, 0.3) is 0 Å². The fourth-order valence-electron chi connectivity index (χ4n) is 2.21. The van der Waals surface area contributed by atoms with Crippen molar-refractivity contribution in [3.8, 4) is 5.75 Å². The standard InChI is InChI=1S/C16H22O4/c1-5-14-15(20-16(2,3)19-14)11-18-10-12-6-8-13(17-4)9-7-12/h5-9,14-15H,1,10-11H2,2-4H3/t14-,15+/m0/s1. The summed E-state index contributed by atoms with van der Waals surface area (Å²) in [6, 6.07) is 7.81. The van der Waals surface area contributed by atoms with Gasteiger partial charge in [-0.2, -0.15) is 0 Å². The van der Waals surface area contributed by atoms with Gasteiger partial charge in [-0.05, 0) is 31.5 Å². The van der Waals surface area contributed by atoms with Crippen molar-refractivity contribution in [3.63, 3.8) is 0 Å². The largest absolute Gasteiger partial charge is 0.497 e. The molecule has 0 bridgehead atoms. The van der Waals surface area contributed by atoms with Crippen molar-refractivity contribution in [3.05, 3.63) is 42.5 Å².